The first-order chi connectivity index (χ1) is 17.8. The molecule has 0 radical (unpaired) electrons. The minimum Gasteiger partial charge on any atom is -0.349 e. The van der Waals surface area contributed by atoms with Crippen molar-refractivity contribution in [2.45, 2.75) is 26.2 Å². The van der Waals surface area contributed by atoms with Crippen LogP contribution >= 0.6 is 11.6 Å². The van der Waals surface area contributed by atoms with Gasteiger partial charge in [-0.2, -0.15) is 0 Å². The number of likely N-dealkylation sites (tertiary alicyclic amines) is 1. The Labute approximate surface area is 219 Å². The molecule has 3 N–H and O–H groups in total. The molecule has 0 spiro atoms. The van der Waals surface area contributed by atoms with Gasteiger partial charge < -0.3 is 20.5 Å². The Balaban J connectivity index is 1.31. The number of ketones is 1. The average Bonchev–Trinajstić information content (AvgIpc) is 3.36. The van der Waals surface area contributed by atoms with E-state index in [4.69, 9.17) is 11.6 Å². The molecule has 0 saturated carbocycles. The van der Waals surface area contributed by atoms with E-state index >= 15 is 0 Å². The third-order valence-electron chi connectivity index (χ3n) is 6.34. The fraction of sp³-hybridized carbons (Fsp3) is 0.333. The molecule has 4 rings (SSSR count). The Morgan fingerprint density at radius 2 is 1.95 bits per heavy atom. The van der Waals surface area contributed by atoms with Crippen molar-refractivity contribution in [1.82, 2.24) is 20.2 Å². The highest BCUT2D eigenvalue weighted by molar-refractivity contribution is 6.34. The van der Waals surface area contributed by atoms with E-state index in [1.165, 1.54) is 31.3 Å². The summed E-state index contributed by atoms with van der Waals surface area (Å²) in [5, 5.41) is 5.64. The zero-order chi connectivity index (χ0) is 26.4. The smallest absolute Gasteiger partial charge is 0.276 e. The Morgan fingerprint density at radius 3 is 2.68 bits per heavy atom. The van der Waals surface area contributed by atoms with Gasteiger partial charge in [0.2, 0.25) is 0 Å². The molecule has 2 heterocycles. The summed E-state index contributed by atoms with van der Waals surface area (Å²) in [6.07, 6.45) is 3.78. The van der Waals surface area contributed by atoms with Gasteiger partial charge in [0, 0.05) is 37.3 Å². The predicted octanol–water partition coefficient (Wildman–Crippen LogP) is 4.34. The molecule has 0 bridgehead atoms. The molecule has 37 heavy (non-hydrogen) atoms. The highest BCUT2D eigenvalue weighted by atomic mass is 35.5. The van der Waals surface area contributed by atoms with Crippen molar-refractivity contribution in [2.75, 3.05) is 31.5 Å². The van der Waals surface area contributed by atoms with E-state index in [0.29, 0.717) is 23.7 Å². The van der Waals surface area contributed by atoms with Crippen LogP contribution in [0.4, 0.5) is 10.1 Å². The SMILES string of the molecule is C[C@@H]1CCCN(CCNC(=O)c2[nH]cnc2C(=O)Nc2ccc(CC(=O)c3ccc(F)cc3Cl)cc2)C1. The number of carbonyl (C=O) groups is 3. The monoisotopic (exact) mass is 525 g/mol. The minimum atomic E-state index is -0.529. The van der Waals surface area contributed by atoms with Gasteiger partial charge in [-0.25, -0.2) is 9.37 Å². The van der Waals surface area contributed by atoms with Crippen LogP contribution in [0.5, 0.6) is 0 Å². The van der Waals surface area contributed by atoms with E-state index in [1.807, 2.05) is 0 Å². The molecular weight excluding hydrogens is 497 g/mol. The van der Waals surface area contributed by atoms with Crippen LogP contribution in [0.15, 0.2) is 48.8 Å². The maximum atomic E-state index is 13.2. The molecule has 1 atom stereocenters. The first-order valence-corrected chi connectivity index (χ1v) is 12.6. The summed E-state index contributed by atoms with van der Waals surface area (Å²) in [4.78, 5) is 47.1. The standard InChI is InChI=1S/C27H29ClFN5O3/c1-17-3-2-11-34(15-17)12-10-30-26(36)24-25(32-16-31-24)27(37)33-20-7-4-18(5-8-20)13-23(35)21-9-6-19(29)14-22(21)28/h4-9,14,16-17H,2-3,10-13,15H2,1H3,(H,30,36)(H,31,32)(H,33,37)/t17-/m1/s1. The number of H-pyrrole nitrogens is 1. The average molecular weight is 526 g/mol. The number of anilines is 1. The number of imidazole rings is 1. The second-order valence-corrected chi connectivity index (χ2v) is 9.71. The van der Waals surface area contributed by atoms with E-state index in [-0.39, 0.29) is 40.1 Å². The summed E-state index contributed by atoms with van der Waals surface area (Å²) in [7, 11) is 0. The highest BCUT2D eigenvalue weighted by Crippen LogP contribution is 2.20. The molecule has 8 nitrogen and oxygen atoms in total. The third-order valence-corrected chi connectivity index (χ3v) is 6.66. The van der Waals surface area contributed by atoms with Crippen LogP contribution in [0.2, 0.25) is 5.02 Å². The lowest BCUT2D eigenvalue weighted by Crippen LogP contribution is -2.40. The highest BCUT2D eigenvalue weighted by Gasteiger charge is 2.21. The Bertz CT molecular complexity index is 1280. The van der Waals surface area contributed by atoms with E-state index in [1.54, 1.807) is 24.3 Å². The van der Waals surface area contributed by atoms with Gasteiger partial charge >= 0.3 is 0 Å². The fourth-order valence-corrected chi connectivity index (χ4v) is 4.71. The molecule has 1 saturated heterocycles. The van der Waals surface area contributed by atoms with E-state index in [9.17, 15) is 18.8 Å². The summed E-state index contributed by atoms with van der Waals surface area (Å²) >= 11 is 5.98. The number of halogens is 2. The number of hydrogen-bond donors (Lipinski definition) is 3. The molecule has 2 aromatic carbocycles. The quantitative estimate of drug-likeness (QED) is 0.360. The number of aromatic amines is 1. The first kappa shape index (κ1) is 26.5. The third kappa shape index (κ3) is 7.02. The summed E-state index contributed by atoms with van der Waals surface area (Å²) in [5.74, 6) is -1.01. The topological polar surface area (TPSA) is 107 Å². The maximum Gasteiger partial charge on any atom is 0.276 e. The second-order valence-electron chi connectivity index (χ2n) is 9.31. The molecule has 1 fully saturated rings. The number of amides is 2. The molecule has 3 aromatic rings. The van der Waals surface area contributed by atoms with Gasteiger partial charge in [-0.1, -0.05) is 30.7 Å². The van der Waals surface area contributed by atoms with E-state index in [0.717, 1.165) is 25.7 Å². The van der Waals surface area contributed by atoms with Crippen molar-refractivity contribution < 1.29 is 18.8 Å². The summed E-state index contributed by atoms with van der Waals surface area (Å²) < 4.78 is 13.2. The van der Waals surface area contributed by atoms with E-state index < -0.39 is 11.7 Å². The Morgan fingerprint density at radius 1 is 1.16 bits per heavy atom. The maximum absolute atomic E-state index is 13.2. The second kappa shape index (κ2) is 12.1. The van der Waals surface area contributed by atoms with Crippen molar-refractivity contribution in [3.63, 3.8) is 0 Å². The van der Waals surface area contributed by atoms with Crippen molar-refractivity contribution >= 4 is 34.9 Å². The fourth-order valence-electron chi connectivity index (χ4n) is 4.44. The van der Waals surface area contributed by atoms with Crippen molar-refractivity contribution in [3.05, 3.63) is 82.1 Å². The number of hydrogen-bond acceptors (Lipinski definition) is 5. The first-order valence-electron chi connectivity index (χ1n) is 12.2. The number of Topliss-reactive ketones (excluding diaryl/α,β-unsaturated/α-hetero) is 1. The molecular formula is C27H29ClFN5O3. The summed E-state index contributed by atoms with van der Waals surface area (Å²) in [6.45, 7) is 5.53. The van der Waals surface area contributed by atoms with Gasteiger partial charge in [-0.05, 0) is 61.2 Å². The van der Waals surface area contributed by atoms with Crippen molar-refractivity contribution in [3.8, 4) is 0 Å². The van der Waals surface area contributed by atoms with Gasteiger partial charge in [-0.3, -0.25) is 14.4 Å². The van der Waals surface area contributed by atoms with Crippen molar-refractivity contribution in [1.29, 1.82) is 0 Å². The largest absolute Gasteiger partial charge is 0.349 e. The van der Waals surface area contributed by atoms with Gasteiger partial charge in [0.15, 0.2) is 11.5 Å². The van der Waals surface area contributed by atoms with Crippen LogP contribution in [0.1, 0.15) is 56.7 Å². The van der Waals surface area contributed by atoms with Crippen LogP contribution in [0, 0.1) is 11.7 Å². The van der Waals surface area contributed by atoms with Gasteiger partial charge in [-0.15, -0.1) is 0 Å². The molecule has 194 valence electrons. The van der Waals surface area contributed by atoms with Crippen LogP contribution in [0.3, 0.4) is 0 Å². The summed E-state index contributed by atoms with van der Waals surface area (Å²) in [6, 6.07) is 10.4. The number of aromatic nitrogens is 2. The number of carbonyl (C=O) groups excluding carboxylic acids is 3. The number of nitrogens with zero attached hydrogens (tertiary/aromatic N) is 2. The van der Waals surface area contributed by atoms with Gasteiger partial charge in [0.1, 0.15) is 11.5 Å². The van der Waals surface area contributed by atoms with E-state index in [2.05, 4.69) is 32.4 Å². The molecule has 0 unspecified atom stereocenters. The number of nitrogens with one attached hydrogen (secondary N) is 3. The molecule has 10 heteroatoms. The van der Waals surface area contributed by atoms with Crippen LogP contribution in [-0.4, -0.2) is 58.6 Å². The lowest BCUT2D eigenvalue weighted by Gasteiger charge is -2.30. The number of piperidine rings is 1. The van der Waals surface area contributed by atoms with Crippen LogP contribution in [0.25, 0.3) is 0 Å². The molecule has 0 aliphatic carbocycles. The Hall–Kier alpha value is -3.56. The lowest BCUT2D eigenvalue weighted by atomic mass is 10.0. The molecule has 1 aromatic heterocycles. The zero-order valence-corrected chi connectivity index (χ0v) is 21.3. The number of rotatable bonds is 9. The van der Waals surface area contributed by atoms with Crippen LogP contribution < -0.4 is 10.6 Å². The number of benzene rings is 2. The lowest BCUT2D eigenvalue weighted by molar-refractivity contribution is 0.0926. The summed E-state index contributed by atoms with van der Waals surface area (Å²) in [5.41, 5.74) is 1.52. The molecule has 1 aliphatic rings. The molecule has 2 amide bonds. The van der Waals surface area contributed by atoms with Gasteiger partial charge in [0.25, 0.3) is 11.8 Å². The minimum absolute atomic E-state index is 0.00528. The molecule has 1 aliphatic heterocycles. The van der Waals surface area contributed by atoms with Crippen LogP contribution in [-0.2, 0) is 6.42 Å². The predicted molar refractivity (Wildman–Crippen MR) is 140 cm³/mol. The normalized spacial score (nSPS) is 15.8. The Kier molecular flexibility index (Phi) is 8.68. The zero-order valence-electron chi connectivity index (χ0n) is 20.5. The van der Waals surface area contributed by atoms with Gasteiger partial charge in [0.05, 0.1) is 11.3 Å². The van der Waals surface area contributed by atoms with Crippen molar-refractivity contribution in [2.24, 2.45) is 5.92 Å².